The lowest BCUT2D eigenvalue weighted by atomic mass is 9.92. The molecule has 0 aromatic heterocycles. The molecular formula is C15H22BrNO. The van der Waals surface area contributed by atoms with E-state index >= 15 is 0 Å². The fraction of sp³-hybridized carbons (Fsp3) is 0.600. The van der Waals surface area contributed by atoms with Crippen molar-refractivity contribution in [3.8, 4) is 5.75 Å². The molecule has 1 atom stereocenters. The predicted molar refractivity (Wildman–Crippen MR) is 80.5 cm³/mol. The summed E-state index contributed by atoms with van der Waals surface area (Å²) in [7, 11) is 1.73. The minimum absolute atomic E-state index is 0.466. The van der Waals surface area contributed by atoms with Gasteiger partial charge in [0.05, 0.1) is 12.8 Å². The fourth-order valence-corrected chi connectivity index (χ4v) is 3.37. The maximum atomic E-state index is 5.48. The van der Waals surface area contributed by atoms with E-state index in [0.717, 1.165) is 15.9 Å². The van der Waals surface area contributed by atoms with Crippen molar-refractivity contribution in [3.63, 3.8) is 0 Å². The highest BCUT2D eigenvalue weighted by Gasteiger charge is 2.31. The van der Waals surface area contributed by atoms with Gasteiger partial charge < -0.3 is 10.1 Å². The molecule has 0 heterocycles. The normalized spacial score (nSPS) is 21.9. The summed E-state index contributed by atoms with van der Waals surface area (Å²) in [5, 5.41) is 3.67. The molecule has 1 saturated carbocycles. The minimum atomic E-state index is 0.466. The zero-order chi connectivity index (χ0) is 13.3. The van der Waals surface area contributed by atoms with E-state index in [1.165, 1.54) is 24.8 Å². The van der Waals surface area contributed by atoms with Crippen LogP contribution in [0.1, 0.15) is 38.7 Å². The van der Waals surface area contributed by atoms with Gasteiger partial charge in [-0.1, -0.05) is 29.8 Å². The number of halogens is 1. The van der Waals surface area contributed by atoms with Crippen LogP contribution in [0.25, 0.3) is 0 Å². The fourth-order valence-electron chi connectivity index (χ4n) is 2.82. The highest BCUT2D eigenvalue weighted by molar-refractivity contribution is 9.10. The van der Waals surface area contributed by atoms with E-state index in [1.807, 2.05) is 6.07 Å². The Morgan fingerprint density at radius 2 is 2.11 bits per heavy atom. The molecular weight excluding hydrogens is 290 g/mol. The molecule has 3 heteroatoms. The number of hydrogen-bond acceptors (Lipinski definition) is 2. The number of benzene rings is 1. The highest BCUT2D eigenvalue weighted by atomic mass is 79.9. The van der Waals surface area contributed by atoms with Gasteiger partial charge in [-0.15, -0.1) is 0 Å². The Labute approximate surface area is 118 Å². The number of hydrogen-bond donors (Lipinski definition) is 1. The first kappa shape index (κ1) is 13.7. The third kappa shape index (κ3) is 3.00. The maximum Gasteiger partial charge on any atom is 0.143 e. The molecule has 1 fully saturated rings. The summed E-state index contributed by atoms with van der Waals surface area (Å²) in [6, 6.07) is 4.72. The Morgan fingerprint density at radius 1 is 1.39 bits per heavy atom. The lowest BCUT2D eigenvalue weighted by Crippen LogP contribution is -2.18. The van der Waals surface area contributed by atoms with Crippen LogP contribution >= 0.6 is 15.9 Å². The van der Waals surface area contributed by atoms with Crippen molar-refractivity contribution in [2.24, 2.45) is 5.41 Å². The summed E-state index contributed by atoms with van der Waals surface area (Å²) >= 11 is 3.51. The Hall–Kier alpha value is -0.700. The summed E-state index contributed by atoms with van der Waals surface area (Å²) < 4.78 is 6.54. The van der Waals surface area contributed by atoms with Crippen LogP contribution in [-0.4, -0.2) is 13.2 Å². The van der Waals surface area contributed by atoms with Gasteiger partial charge in [0.25, 0.3) is 0 Å². The second-order valence-electron chi connectivity index (χ2n) is 6.05. The van der Waals surface area contributed by atoms with E-state index in [2.05, 4.69) is 48.1 Å². The second kappa shape index (κ2) is 5.12. The molecule has 1 unspecified atom stereocenters. The molecule has 100 valence electrons. The van der Waals surface area contributed by atoms with E-state index < -0.39 is 0 Å². The first-order valence-electron chi connectivity index (χ1n) is 6.52. The van der Waals surface area contributed by atoms with Crippen LogP contribution < -0.4 is 10.1 Å². The zero-order valence-electron chi connectivity index (χ0n) is 11.6. The highest BCUT2D eigenvalue weighted by Crippen LogP contribution is 2.40. The van der Waals surface area contributed by atoms with Crippen molar-refractivity contribution in [2.45, 2.75) is 46.1 Å². The molecule has 1 aromatic carbocycles. The average molecular weight is 312 g/mol. The Kier molecular flexibility index (Phi) is 3.90. The number of nitrogens with one attached hydrogen (secondary N) is 1. The van der Waals surface area contributed by atoms with Crippen LogP contribution in [0.4, 0.5) is 5.69 Å². The molecule has 1 aromatic rings. The number of aryl methyl sites for hydroxylation is 1. The number of rotatable bonds is 3. The number of anilines is 1. The van der Waals surface area contributed by atoms with Gasteiger partial charge in [0.15, 0.2) is 0 Å². The standard InChI is InChI=1S/C15H22BrNO/c1-10-7-11(16)8-13(18-4)14(10)17-12-5-6-15(2,3)9-12/h7-8,12,17H,5-6,9H2,1-4H3. The van der Waals surface area contributed by atoms with E-state index in [9.17, 15) is 0 Å². The van der Waals surface area contributed by atoms with Crippen molar-refractivity contribution in [1.82, 2.24) is 0 Å². The maximum absolute atomic E-state index is 5.48. The predicted octanol–water partition coefficient (Wildman–Crippen LogP) is 4.76. The lowest BCUT2D eigenvalue weighted by Gasteiger charge is -2.21. The third-order valence-electron chi connectivity index (χ3n) is 3.80. The van der Waals surface area contributed by atoms with Gasteiger partial charge in [-0.2, -0.15) is 0 Å². The molecule has 0 bridgehead atoms. The Bertz CT molecular complexity index is 442. The van der Waals surface area contributed by atoms with E-state index in [4.69, 9.17) is 4.74 Å². The molecule has 18 heavy (non-hydrogen) atoms. The van der Waals surface area contributed by atoms with E-state index in [0.29, 0.717) is 11.5 Å². The quantitative estimate of drug-likeness (QED) is 0.869. The molecule has 1 N–H and O–H groups in total. The molecule has 2 nitrogen and oxygen atoms in total. The van der Waals surface area contributed by atoms with Crippen molar-refractivity contribution < 1.29 is 4.74 Å². The van der Waals surface area contributed by atoms with Crippen LogP contribution in [-0.2, 0) is 0 Å². The van der Waals surface area contributed by atoms with Crippen LogP contribution in [0.3, 0.4) is 0 Å². The van der Waals surface area contributed by atoms with Gasteiger partial charge in [-0.3, -0.25) is 0 Å². The molecule has 2 rings (SSSR count). The molecule has 0 radical (unpaired) electrons. The van der Waals surface area contributed by atoms with E-state index in [-0.39, 0.29) is 0 Å². The molecule has 0 saturated heterocycles. The lowest BCUT2D eigenvalue weighted by molar-refractivity contribution is 0.378. The largest absolute Gasteiger partial charge is 0.495 e. The van der Waals surface area contributed by atoms with Gasteiger partial charge in [0, 0.05) is 10.5 Å². The smallest absolute Gasteiger partial charge is 0.143 e. The SMILES string of the molecule is COc1cc(Br)cc(C)c1NC1CCC(C)(C)C1. The molecule has 0 spiro atoms. The van der Waals surface area contributed by atoms with Crippen molar-refractivity contribution in [3.05, 3.63) is 22.2 Å². The number of methoxy groups -OCH3 is 1. The van der Waals surface area contributed by atoms with Crippen molar-refractivity contribution in [1.29, 1.82) is 0 Å². The van der Waals surface area contributed by atoms with Gasteiger partial charge in [-0.05, 0) is 49.3 Å². The number of ether oxygens (including phenoxy) is 1. The average Bonchev–Trinajstić information content (AvgIpc) is 2.61. The van der Waals surface area contributed by atoms with Crippen LogP contribution in [0.2, 0.25) is 0 Å². The van der Waals surface area contributed by atoms with Gasteiger partial charge in [0.2, 0.25) is 0 Å². The first-order valence-corrected chi connectivity index (χ1v) is 7.31. The topological polar surface area (TPSA) is 21.3 Å². The second-order valence-corrected chi connectivity index (χ2v) is 6.96. The molecule has 0 amide bonds. The Balaban J connectivity index is 2.19. The zero-order valence-corrected chi connectivity index (χ0v) is 13.2. The summed E-state index contributed by atoms with van der Waals surface area (Å²) in [5.41, 5.74) is 2.84. The molecule has 1 aliphatic carbocycles. The summed E-state index contributed by atoms with van der Waals surface area (Å²) in [6.45, 7) is 6.82. The van der Waals surface area contributed by atoms with Gasteiger partial charge >= 0.3 is 0 Å². The monoisotopic (exact) mass is 311 g/mol. The summed E-state index contributed by atoms with van der Waals surface area (Å²) in [5.74, 6) is 0.923. The van der Waals surface area contributed by atoms with Crippen LogP contribution in [0.5, 0.6) is 5.75 Å². The summed E-state index contributed by atoms with van der Waals surface area (Å²) in [4.78, 5) is 0. The van der Waals surface area contributed by atoms with E-state index in [1.54, 1.807) is 7.11 Å². The Morgan fingerprint density at radius 3 is 2.67 bits per heavy atom. The molecule has 0 aliphatic heterocycles. The third-order valence-corrected chi connectivity index (χ3v) is 4.26. The van der Waals surface area contributed by atoms with Crippen molar-refractivity contribution >= 4 is 21.6 Å². The van der Waals surface area contributed by atoms with Crippen molar-refractivity contribution in [2.75, 3.05) is 12.4 Å². The first-order chi connectivity index (χ1) is 8.41. The summed E-state index contributed by atoms with van der Waals surface area (Å²) in [6.07, 6.45) is 3.76. The van der Waals surface area contributed by atoms with Crippen LogP contribution in [0, 0.1) is 12.3 Å². The van der Waals surface area contributed by atoms with Gasteiger partial charge in [0.1, 0.15) is 5.75 Å². The molecule has 1 aliphatic rings. The minimum Gasteiger partial charge on any atom is -0.495 e. The van der Waals surface area contributed by atoms with Crippen LogP contribution in [0.15, 0.2) is 16.6 Å². The van der Waals surface area contributed by atoms with Gasteiger partial charge in [-0.25, -0.2) is 0 Å².